The number of benzene rings is 1. The average Bonchev–Trinajstić information content (AvgIpc) is 1.99. The van der Waals surface area contributed by atoms with E-state index in [2.05, 4.69) is 5.73 Å². The quantitative estimate of drug-likeness (QED) is 0.629. The molecule has 11 heavy (non-hydrogen) atoms. The van der Waals surface area contributed by atoms with Crippen molar-refractivity contribution in [3.8, 4) is 0 Å². The molecule has 0 spiro atoms. The van der Waals surface area contributed by atoms with E-state index in [9.17, 15) is 8.78 Å². The first-order valence-corrected chi connectivity index (χ1v) is 3.46. The molecule has 0 bridgehead atoms. The molecule has 0 atom stereocenters. The predicted octanol–water partition coefficient (Wildman–Crippen LogP) is 1.36. The van der Waals surface area contributed by atoms with Gasteiger partial charge in [0.05, 0.1) is 10.6 Å². The Bertz CT molecular complexity index is 275. The van der Waals surface area contributed by atoms with E-state index in [1.807, 2.05) is 0 Å². The van der Waals surface area contributed by atoms with Crippen molar-refractivity contribution in [1.29, 1.82) is 0 Å². The second-order valence-electron chi connectivity index (χ2n) is 2.07. The molecule has 1 aromatic carbocycles. The molecule has 1 rings (SSSR count). The van der Waals surface area contributed by atoms with Crippen molar-refractivity contribution in [2.75, 3.05) is 0 Å². The van der Waals surface area contributed by atoms with E-state index in [0.29, 0.717) is 0 Å². The van der Waals surface area contributed by atoms with Crippen LogP contribution in [0.25, 0.3) is 0 Å². The Kier molecular flexibility index (Phi) is 2.42. The van der Waals surface area contributed by atoms with Crippen molar-refractivity contribution in [2.45, 2.75) is 6.54 Å². The maximum absolute atomic E-state index is 12.9. The maximum atomic E-state index is 12.9. The monoisotopic (exact) mass is 178 g/mol. The lowest BCUT2D eigenvalue weighted by atomic mass is 10.2. The molecule has 0 saturated carbocycles. The Morgan fingerprint density at radius 2 is 2.00 bits per heavy atom. The maximum Gasteiger partial charge on any atom is 0.153 e. The smallest absolute Gasteiger partial charge is 0.153 e. The fourth-order valence-electron chi connectivity index (χ4n) is 0.798. The molecule has 0 heterocycles. The molecule has 0 aliphatic rings. The van der Waals surface area contributed by atoms with Crippen LogP contribution in [-0.2, 0) is 6.54 Å². The summed E-state index contributed by atoms with van der Waals surface area (Å²) in [7, 11) is 0. The second-order valence-corrected chi connectivity index (χ2v) is 2.48. The van der Waals surface area contributed by atoms with Crippen molar-refractivity contribution < 1.29 is 14.5 Å². The molecule has 3 N–H and O–H groups in total. The molecule has 0 aliphatic carbocycles. The molecule has 0 unspecified atom stereocenters. The minimum absolute atomic E-state index is 0.0579. The Morgan fingerprint density at radius 1 is 1.36 bits per heavy atom. The lowest BCUT2D eigenvalue weighted by molar-refractivity contribution is -0.387. The number of rotatable bonds is 1. The van der Waals surface area contributed by atoms with Gasteiger partial charge >= 0.3 is 0 Å². The zero-order valence-corrected chi connectivity index (χ0v) is 6.46. The van der Waals surface area contributed by atoms with Crippen molar-refractivity contribution in [2.24, 2.45) is 0 Å². The first-order chi connectivity index (χ1) is 5.16. The highest BCUT2D eigenvalue weighted by molar-refractivity contribution is 6.30. The molecule has 0 aliphatic heterocycles. The Hall–Kier alpha value is -0.670. The zero-order valence-electron chi connectivity index (χ0n) is 5.70. The first kappa shape index (κ1) is 8.43. The lowest BCUT2D eigenvalue weighted by Gasteiger charge is -2.00. The summed E-state index contributed by atoms with van der Waals surface area (Å²) in [5.41, 5.74) is 3.32. The van der Waals surface area contributed by atoms with Gasteiger partial charge in [-0.2, -0.15) is 0 Å². The van der Waals surface area contributed by atoms with E-state index in [0.717, 1.165) is 6.07 Å². The van der Waals surface area contributed by atoms with Crippen LogP contribution in [0.4, 0.5) is 8.78 Å². The van der Waals surface area contributed by atoms with Crippen LogP contribution in [0.1, 0.15) is 5.56 Å². The molecule has 1 nitrogen and oxygen atoms in total. The van der Waals surface area contributed by atoms with Crippen LogP contribution in [0.2, 0.25) is 5.02 Å². The Balaban J connectivity index is 3.29. The summed E-state index contributed by atoms with van der Waals surface area (Å²) in [5, 5.41) is -0.0648. The van der Waals surface area contributed by atoms with Gasteiger partial charge in [0, 0.05) is 0 Å². The van der Waals surface area contributed by atoms with Crippen LogP contribution in [-0.4, -0.2) is 0 Å². The van der Waals surface area contributed by atoms with Gasteiger partial charge in [-0.3, -0.25) is 0 Å². The second kappa shape index (κ2) is 3.15. The third-order valence-electron chi connectivity index (χ3n) is 1.39. The standard InChI is InChI=1S/C7H6ClF2N/c8-5-1-2-6(9)4(3-11)7(5)10/h1-2H,3,11H2/p+1. The van der Waals surface area contributed by atoms with E-state index < -0.39 is 11.6 Å². The summed E-state index contributed by atoms with van der Waals surface area (Å²) in [4.78, 5) is 0. The highest BCUT2D eigenvalue weighted by Crippen LogP contribution is 2.19. The van der Waals surface area contributed by atoms with E-state index in [4.69, 9.17) is 11.6 Å². The number of hydrogen-bond donors (Lipinski definition) is 1. The van der Waals surface area contributed by atoms with Gasteiger partial charge in [0.25, 0.3) is 0 Å². The third kappa shape index (κ3) is 1.49. The fourth-order valence-corrected chi connectivity index (χ4v) is 0.975. The van der Waals surface area contributed by atoms with Gasteiger partial charge in [-0.15, -0.1) is 0 Å². The van der Waals surface area contributed by atoms with Gasteiger partial charge in [-0.1, -0.05) is 11.6 Å². The number of halogens is 3. The largest absolute Gasteiger partial charge is 0.354 e. The zero-order chi connectivity index (χ0) is 8.43. The van der Waals surface area contributed by atoms with Crippen LogP contribution in [0.15, 0.2) is 12.1 Å². The summed E-state index contributed by atoms with van der Waals surface area (Å²) in [6, 6.07) is 2.32. The minimum Gasteiger partial charge on any atom is -0.354 e. The van der Waals surface area contributed by atoms with E-state index in [-0.39, 0.29) is 17.1 Å². The van der Waals surface area contributed by atoms with Crippen LogP contribution in [0, 0.1) is 11.6 Å². The van der Waals surface area contributed by atoms with Gasteiger partial charge in [0.15, 0.2) is 5.82 Å². The van der Waals surface area contributed by atoms with Gasteiger partial charge in [0.2, 0.25) is 0 Å². The molecule has 60 valence electrons. The van der Waals surface area contributed by atoms with Crippen LogP contribution in [0.5, 0.6) is 0 Å². The summed E-state index contributed by atoms with van der Waals surface area (Å²) >= 11 is 5.40. The first-order valence-electron chi connectivity index (χ1n) is 3.08. The number of quaternary nitrogens is 1. The molecular weight excluding hydrogens is 172 g/mol. The van der Waals surface area contributed by atoms with Crippen molar-refractivity contribution in [3.63, 3.8) is 0 Å². The third-order valence-corrected chi connectivity index (χ3v) is 1.68. The Labute approximate surface area is 67.8 Å². The SMILES string of the molecule is [NH3+]Cc1c(F)ccc(Cl)c1F. The summed E-state index contributed by atoms with van der Waals surface area (Å²) in [5.74, 6) is -1.30. The highest BCUT2D eigenvalue weighted by atomic mass is 35.5. The van der Waals surface area contributed by atoms with Gasteiger partial charge in [0.1, 0.15) is 12.4 Å². The molecule has 0 aromatic heterocycles. The molecule has 0 saturated heterocycles. The van der Waals surface area contributed by atoms with Crippen LogP contribution >= 0.6 is 11.6 Å². The molecule has 4 heteroatoms. The fraction of sp³-hybridized carbons (Fsp3) is 0.143. The van der Waals surface area contributed by atoms with E-state index >= 15 is 0 Å². The van der Waals surface area contributed by atoms with Crippen molar-refractivity contribution in [1.82, 2.24) is 0 Å². The van der Waals surface area contributed by atoms with Crippen LogP contribution < -0.4 is 5.73 Å². The van der Waals surface area contributed by atoms with Gasteiger partial charge < -0.3 is 5.73 Å². The van der Waals surface area contributed by atoms with Crippen LogP contribution in [0.3, 0.4) is 0 Å². The molecule has 0 fully saturated rings. The minimum atomic E-state index is -0.707. The van der Waals surface area contributed by atoms with Gasteiger partial charge in [-0.05, 0) is 12.1 Å². The van der Waals surface area contributed by atoms with E-state index in [1.54, 1.807) is 0 Å². The van der Waals surface area contributed by atoms with E-state index in [1.165, 1.54) is 6.07 Å². The van der Waals surface area contributed by atoms with Gasteiger partial charge in [-0.25, -0.2) is 8.78 Å². The highest BCUT2D eigenvalue weighted by Gasteiger charge is 2.11. The average molecular weight is 179 g/mol. The summed E-state index contributed by atoms with van der Waals surface area (Å²) in [6.07, 6.45) is 0. The molecule has 0 amide bonds. The summed E-state index contributed by atoms with van der Waals surface area (Å²) < 4.78 is 25.5. The number of hydrogen-bond acceptors (Lipinski definition) is 0. The Morgan fingerprint density at radius 3 is 2.45 bits per heavy atom. The normalized spacial score (nSPS) is 10.2. The van der Waals surface area contributed by atoms with Crippen molar-refractivity contribution >= 4 is 11.6 Å². The predicted molar refractivity (Wildman–Crippen MR) is 38.0 cm³/mol. The molecule has 1 aromatic rings. The molecular formula is C7H7ClF2N+. The molecule has 0 radical (unpaired) electrons. The topological polar surface area (TPSA) is 27.6 Å². The lowest BCUT2D eigenvalue weighted by Crippen LogP contribution is -2.48. The van der Waals surface area contributed by atoms with Crippen molar-refractivity contribution in [3.05, 3.63) is 34.4 Å². The summed E-state index contributed by atoms with van der Waals surface area (Å²) in [6.45, 7) is 0.0677.